The van der Waals surface area contributed by atoms with Crippen molar-refractivity contribution in [3.63, 3.8) is 0 Å². The zero-order valence-corrected chi connectivity index (χ0v) is 24.7. The van der Waals surface area contributed by atoms with Crippen LogP contribution in [0.2, 0.25) is 0 Å². The van der Waals surface area contributed by atoms with Crippen LogP contribution in [0.4, 0.5) is 0 Å². The Morgan fingerprint density at radius 2 is 1.20 bits per heavy atom. The third-order valence-corrected chi connectivity index (χ3v) is 10.8. The number of fused-ring (bicyclic) bond motifs is 3. The summed E-state index contributed by atoms with van der Waals surface area (Å²) in [6.07, 6.45) is 9.24. The minimum atomic E-state index is 0.0232. The highest BCUT2D eigenvalue weighted by Gasteiger charge is 2.34. The number of ether oxygens (including phenoxy) is 1. The van der Waals surface area contributed by atoms with E-state index in [1.165, 1.54) is 92.8 Å². The molecule has 0 spiro atoms. The fourth-order valence-corrected chi connectivity index (χ4v) is 8.75. The van der Waals surface area contributed by atoms with Crippen molar-refractivity contribution in [2.45, 2.75) is 24.9 Å². The molecule has 0 radical (unpaired) electrons. The standard InChI is InChI=1S/C44H28O/c1-3-25-7-9-29-11-17-33(35-19-13-27(5-1)41(25)43(29)35)31-15-21-39-37(23-31)38-24-32(16-22-40(38)45-39)34-18-12-30-10-8-26-4-2-6-28-14-20-36(34)44(30)42(26)28/h1-7,9,11-24,37,39H,8,10H2. The number of rotatable bonds is 2. The van der Waals surface area contributed by atoms with Crippen LogP contribution in [-0.2, 0) is 12.8 Å². The van der Waals surface area contributed by atoms with Crippen molar-refractivity contribution in [1.29, 1.82) is 0 Å². The van der Waals surface area contributed by atoms with E-state index in [0.717, 1.165) is 18.6 Å². The van der Waals surface area contributed by atoms with E-state index in [0.29, 0.717) is 0 Å². The Labute approximate surface area is 261 Å². The van der Waals surface area contributed by atoms with Gasteiger partial charge in [-0.1, -0.05) is 115 Å². The molecule has 2 atom stereocenters. The summed E-state index contributed by atoms with van der Waals surface area (Å²) in [4.78, 5) is 0. The van der Waals surface area contributed by atoms with E-state index < -0.39 is 0 Å². The molecule has 8 aromatic rings. The number of hydrogen-bond donors (Lipinski definition) is 0. The molecule has 0 saturated carbocycles. The quantitative estimate of drug-likeness (QED) is 0.187. The van der Waals surface area contributed by atoms with E-state index in [9.17, 15) is 0 Å². The lowest BCUT2D eigenvalue weighted by atomic mass is 9.82. The molecule has 3 aliphatic rings. The monoisotopic (exact) mass is 572 g/mol. The van der Waals surface area contributed by atoms with Gasteiger partial charge < -0.3 is 4.74 Å². The van der Waals surface area contributed by atoms with Gasteiger partial charge in [-0.25, -0.2) is 0 Å². The second-order valence-electron chi connectivity index (χ2n) is 13.1. The molecule has 0 fully saturated rings. The van der Waals surface area contributed by atoms with Gasteiger partial charge in [0.25, 0.3) is 0 Å². The number of hydrogen-bond acceptors (Lipinski definition) is 1. The second-order valence-corrected chi connectivity index (χ2v) is 13.1. The van der Waals surface area contributed by atoms with Gasteiger partial charge in [0.15, 0.2) is 0 Å². The van der Waals surface area contributed by atoms with Crippen LogP contribution in [0.25, 0.3) is 70.6 Å². The first-order valence-corrected chi connectivity index (χ1v) is 16.1. The molecule has 45 heavy (non-hydrogen) atoms. The smallest absolute Gasteiger partial charge is 0.128 e. The van der Waals surface area contributed by atoms with Gasteiger partial charge in [0.2, 0.25) is 0 Å². The summed E-state index contributed by atoms with van der Waals surface area (Å²) in [5, 5.41) is 13.5. The predicted octanol–water partition coefficient (Wildman–Crippen LogP) is 11.2. The van der Waals surface area contributed by atoms with Gasteiger partial charge in [-0.3, -0.25) is 0 Å². The molecule has 1 nitrogen and oxygen atoms in total. The Kier molecular flexibility index (Phi) is 4.59. The van der Waals surface area contributed by atoms with Crippen LogP contribution in [0.15, 0.2) is 133 Å². The Bertz CT molecular complexity index is 2620. The normalized spacial score (nSPS) is 18.3. The van der Waals surface area contributed by atoms with Gasteiger partial charge in [-0.05, 0) is 118 Å². The lowest BCUT2D eigenvalue weighted by molar-refractivity contribution is 0.269. The van der Waals surface area contributed by atoms with Crippen molar-refractivity contribution in [3.05, 3.63) is 156 Å². The Hall–Kier alpha value is -5.40. The second kappa shape index (κ2) is 8.61. The number of allylic oxidation sites excluding steroid dienone is 2. The summed E-state index contributed by atoms with van der Waals surface area (Å²) in [5.74, 6) is 1.18. The van der Waals surface area contributed by atoms with Crippen LogP contribution in [0, 0.1) is 0 Å². The number of benzene rings is 8. The average Bonchev–Trinajstić information content (AvgIpc) is 3.46. The maximum absolute atomic E-state index is 6.52. The van der Waals surface area contributed by atoms with Gasteiger partial charge in [-0.15, -0.1) is 0 Å². The highest BCUT2D eigenvalue weighted by Crippen LogP contribution is 2.48. The SMILES string of the molecule is C1=CC2Oc3ccc(-c4ccc5c6c4ccc4cccc(c46)CC5)cc3C2C=C1c1ccc2ccc3cccc4ccc1c2c34. The summed E-state index contributed by atoms with van der Waals surface area (Å²) in [6.45, 7) is 0. The average molecular weight is 573 g/mol. The van der Waals surface area contributed by atoms with Crippen LogP contribution in [-0.4, -0.2) is 6.10 Å². The van der Waals surface area contributed by atoms with Crippen molar-refractivity contribution in [1.82, 2.24) is 0 Å². The highest BCUT2D eigenvalue weighted by atomic mass is 16.5. The Morgan fingerprint density at radius 3 is 2.04 bits per heavy atom. The topological polar surface area (TPSA) is 9.23 Å². The summed E-state index contributed by atoms with van der Waals surface area (Å²) in [5.41, 5.74) is 9.36. The first kappa shape index (κ1) is 24.0. The van der Waals surface area contributed by atoms with E-state index in [2.05, 4.69) is 133 Å². The van der Waals surface area contributed by atoms with Crippen LogP contribution in [0.5, 0.6) is 5.75 Å². The van der Waals surface area contributed by atoms with Crippen LogP contribution < -0.4 is 4.74 Å². The van der Waals surface area contributed by atoms with Crippen molar-refractivity contribution < 1.29 is 4.74 Å². The first-order chi connectivity index (χ1) is 22.3. The van der Waals surface area contributed by atoms with E-state index in [1.54, 1.807) is 0 Å². The molecule has 2 unspecified atom stereocenters. The third-order valence-electron chi connectivity index (χ3n) is 10.8. The van der Waals surface area contributed by atoms with Crippen LogP contribution in [0.1, 0.15) is 28.2 Å². The fraction of sp³-hybridized carbons (Fsp3) is 0.0909. The molecule has 1 heteroatoms. The molecule has 1 aliphatic heterocycles. The van der Waals surface area contributed by atoms with E-state index in [-0.39, 0.29) is 12.0 Å². The van der Waals surface area contributed by atoms with E-state index in [1.807, 2.05) is 0 Å². The molecule has 0 bridgehead atoms. The first-order valence-electron chi connectivity index (χ1n) is 16.1. The molecular formula is C44H28O. The molecule has 2 aliphatic carbocycles. The van der Waals surface area contributed by atoms with Gasteiger partial charge in [0, 0.05) is 11.5 Å². The van der Waals surface area contributed by atoms with Crippen molar-refractivity contribution >= 4 is 59.4 Å². The van der Waals surface area contributed by atoms with Gasteiger partial charge in [0.1, 0.15) is 11.9 Å². The maximum Gasteiger partial charge on any atom is 0.128 e. The lowest BCUT2D eigenvalue weighted by Crippen LogP contribution is -2.17. The van der Waals surface area contributed by atoms with E-state index in [4.69, 9.17) is 4.74 Å². The fourth-order valence-electron chi connectivity index (χ4n) is 8.75. The van der Waals surface area contributed by atoms with Crippen molar-refractivity contribution in [2.24, 2.45) is 0 Å². The molecule has 0 aromatic heterocycles. The number of aryl methyl sites for hydroxylation is 2. The summed E-state index contributed by atoms with van der Waals surface area (Å²) < 4.78 is 6.52. The Balaban J connectivity index is 1.06. The molecular weight excluding hydrogens is 544 g/mol. The van der Waals surface area contributed by atoms with Crippen LogP contribution >= 0.6 is 0 Å². The molecule has 210 valence electrons. The van der Waals surface area contributed by atoms with Gasteiger partial charge in [-0.2, -0.15) is 0 Å². The molecule has 11 rings (SSSR count). The molecule has 0 saturated heterocycles. The van der Waals surface area contributed by atoms with Crippen LogP contribution in [0.3, 0.4) is 0 Å². The van der Waals surface area contributed by atoms with E-state index >= 15 is 0 Å². The van der Waals surface area contributed by atoms with Gasteiger partial charge in [0.05, 0.1) is 0 Å². The molecule has 1 heterocycles. The largest absolute Gasteiger partial charge is 0.485 e. The maximum atomic E-state index is 6.52. The summed E-state index contributed by atoms with van der Waals surface area (Å²) >= 11 is 0. The molecule has 0 N–H and O–H groups in total. The highest BCUT2D eigenvalue weighted by molar-refractivity contribution is 6.25. The zero-order valence-electron chi connectivity index (χ0n) is 24.7. The summed E-state index contributed by atoms with van der Waals surface area (Å²) in [7, 11) is 0. The minimum absolute atomic E-state index is 0.0232. The zero-order chi connectivity index (χ0) is 29.2. The van der Waals surface area contributed by atoms with Gasteiger partial charge >= 0.3 is 0 Å². The van der Waals surface area contributed by atoms with Crippen molar-refractivity contribution in [2.75, 3.05) is 0 Å². The predicted molar refractivity (Wildman–Crippen MR) is 189 cm³/mol. The van der Waals surface area contributed by atoms with Crippen molar-refractivity contribution in [3.8, 4) is 16.9 Å². The summed E-state index contributed by atoms with van der Waals surface area (Å²) in [6, 6.07) is 43.3. The minimum Gasteiger partial charge on any atom is -0.485 e. The molecule has 0 amide bonds. The Morgan fingerprint density at radius 1 is 0.533 bits per heavy atom. The lowest BCUT2D eigenvalue weighted by Gasteiger charge is -2.21. The third kappa shape index (κ3) is 3.23. The molecule has 8 aromatic carbocycles.